The van der Waals surface area contributed by atoms with Gasteiger partial charge in [0, 0.05) is 39.7 Å². The van der Waals surface area contributed by atoms with Crippen LogP contribution in [-0.2, 0) is 31.8 Å². The third kappa shape index (κ3) is 2.84. The molecule has 0 atom stereocenters. The van der Waals surface area contributed by atoms with Crippen LogP contribution in [0.1, 0.15) is 19.7 Å². The van der Waals surface area contributed by atoms with Gasteiger partial charge in [-0.25, -0.2) is 9.78 Å². The number of methoxy groups -OCH3 is 1. The molecule has 8 heteroatoms. The van der Waals surface area contributed by atoms with Crippen molar-refractivity contribution in [3.8, 4) is 0 Å². The topological polar surface area (TPSA) is 97.1 Å². The first-order valence-electron chi connectivity index (χ1n) is 7.10. The van der Waals surface area contributed by atoms with Crippen molar-refractivity contribution >= 4 is 11.2 Å². The zero-order chi connectivity index (χ0) is 16.7. The standard InChI is InChI=1S/C14H23N5O3/c1-14(2,15)8-19-9(6-7-22-5)16-11-10(19)12(20)18(4)13(21)17(11)3/h6-8,15H2,1-5H3. The van der Waals surface area contributed by atoms with E-state index in [0.29, 0.717) is 36.6 Å². The minimum absolute atomic E-state index is 0.362. The van der Waals surface area contributed by atoms with Gasteiger partial charge in [-0.05, 0) is 13.8 Å². The second kappa shape index (κ2) is 5.69. The van der Waals surface area contributed by atoms with Gasteiger partial charge in [0.1, 0.15) is 5.82 Å². The highest BCUT2D eigenvalue weighted by atomic mass is 16.5. The molecule has 0 spiro atoms. The molecule has 122 valence electrons. The third-order valence-corrected chi connectivity index (χ3v) is 3.52. The van der Waals surface area contributed by atoms with E-state index in [2.05, 4.69) is 4.98 Å². The van der Waals surface area contributed by atoms with Crippen molar-refractivity contribution in [2.45, 2.75) is 32.4 Å². The molecule has 0 unspecified atom stereocenters. The van der Waals surface area contributed by atoms with E-state index in [4.69, 9.17) is 10.5 Å². The minimum atomic E-state index is -0.519. The molecule has 2 aromatic rings. The molecular weight excluding hydrogens is 286 g/mol. The molecule has 0 saturated heterocycles. The highest BCUT2D eigenvalue weighted by Gasteiger charge is 2.22. The van der Waals surface area contributed by atoms with Gasteiger partial charge in [-0.1, -0.05) is 0 Å². The lowest BCUT2D eigenvalue weighted by Crippen LogP contribution is -2.40. The first-order chi connectivity index (χ1) is 10.2. The summed E-state index contributed by atoms with van der Waals surface area (Å²) in [6.45, 7) is 4.66. The second-order valence-corrected chi connectivity index (χ2v) is 6.22. The Morgan fingerprint density at radius 3 is 2.41 bits per heavy atom. The Kier molecular flexibility index (Phi) is 4.25. The van der Waals surface area contributed by atoms with Crippen LogP contribution in [0, 0.1) is 0 Å². The van der Waals surface area contributed by atoms with Crippen LogP contribution in [0.25, 0.3) is 11.2 Å². The summed E-state index contributed by atoms with van der Waals surface area (Å²) in [6, 6.07) is 0. The Bertz CT molecular complexity index is 807. The molecule has 2 heterocycles. The van der Waals surface area contributed by atoms with Gasteiger partial charge in [0.05, 0.1) is 6.61 Å². The van der Waals surface area contributed by atoms with Gasteiger partial charge < -0.3 is 15.0 Å². The maximum absolute atomic E-state index is 12.5. The molecule has 2 N–H and O–H groups in total. The van der Waals surface area contributed by atoms with Crippen molar-refractivity contribution in [1.82, 2.24) is 18.7 Å². The van der Waals surface area contributed by atoms with E-state index < -0.39 is 11.2 Å². The number of aryl methyl sites for hydroxylation is 1. The van der Waals surface area contributed by atoms with E-state index in [9.17, 15) is 9.59 Å². The van der Waals surface area contributed by atoms with Crippen molar-refractivity contribution in [3.05, 3.63) is 26.7 Å². The molecule has 0 saturated carbocycles. The number of ether oxygens (including phenoxy) is 1. The van der Waals surface area contributed by atoms with E-state index in [0.717, 1.165) is 4.57 Å². The Morgan fingerprint density at radius 1 is 1.23 bits per heavy atom. The summed E-state index contributed by atoms with van der Waals surface area (Å²) in [5.74, 6) is 0.689. The molecule has 8 nitrogen and oxygen atoms in total. The quantitative estimate of drug-likeness (QED) is 0.792. The average Bonchev–Trinajstić information content (AvgIpc) is 2.77. The number of nitrogens with two attached hydrogens (primary N) is 1. The summed E-state index contributed by atoms with van der Waals surface area (Å²) in [6.07, 6.45) is 0.540. The van der Waals surface area contributed by atoms with E-state index in [1.54, 1.807) is 18.7 Å². The molecule has 2 rings (SSSR count). The van der Waals surface area contributed by atoms with E-state index in [-0.39, 0.29) is 5.56 Å². The molecule has 22 heavy (non-hydrogen) atoms. The van der Waals surface area contributed by atoms with Gasteiger partial charge in [0.2, 0.25) is 0 Å². The molecule has 0 amide bonds. The van der Waals surface area contributed by atoms with Gasteiger partial charge in [0.25, 0.3) is 5.56 Å². The molecule has 0 fully saturated rings. The van der Waals surface area contributed by atoms with Gasteiger partial charge in [-0.3, -0.25) is 13.9 Å². The second-order valence-electron chi connectivity index (χ2n) is 6.22. The SMILES string of the molecule is COCCc1nc2c(c(=O)n(C)c(=O)n2C)n1CC(C)(C)N. The predicted molar refractivity (Wildman–Crippen MR) is 84.1 cm³/mol. The molecule has 0 radical (unpaired) electrons. The van der Waals surface area contributed by atoms with Crippen LogP contribution in [0.3, 0.4) is 0 Å². The number of imidazole rings is 1. The minimum Gasteiger partial charge on any atom is -0.384 e. The predicted octanol–water partition coefficient (Wildman–Crippen LogP) is -0.640. The summed E-state index contributed by atoms with van der Waals surface area (Å²) in [5.41, 5.74) is 5.61. The Labute approximate surface area is 128 Å². The van der Waals surface area contributed by atoms with Gasteiger partial charge in [0.15, 0.2) is 11.2 Å². The summed E-state index contributed by atoms with van der Waals surface area (Å²) in [5, 5.41) is 0. The lowest BCUT2D eigenvalue weighted by molar-refractivity contribution is 0.199. The van der Waals surface area contributed by atoms with Crippen LogP contribution in [-0.4, -0.2) is 37.9 Å². The highest BCUT2D eigenvalue weighted by Crippen LogP contribution is 2.15. The Balaban J connectivity index is 2.82. The van der Waals surface area contributed by atoms with Crippen LogP contribution in [0.15, 0.2) is 9.59 Å². The largest absolute Gasteiger partial charge is 0.384 e. The lowest BCUT2D eigenvalue weighted by atomic mass is 10.1. The van der Waals surface area contributed by atoms with Crippen LogP contribution >= 0.6 is 0 Å². The van der Waals surface area contributed by atoms with Crippen LogP contribution < -0.4 is 17.0 Å². The summed E-state index contributed by atoms with van der Waals surface area (Å²) >= 11 is 0. The number of hydrogen-bond acceptors (Lipinski definition) is 5. The van der Waals surface area contributed by atoms with Gasteiger partial charge in [-0.2, -0.15) is 0 Å². The molecular formula is C14H23N5O3. The zero-order valence-electron chi connectivity index (χ0n) is 13.7. The van der Waals surface area contributed by atoms with Crippen molar-refractivity contribution in [2.24, 2.45) is 19.8 Å². The van der Waals surface area contributed by atoms with E-state index >= 15 is 0 Å². The molecule has 0 aliphatic carbocycles. The molecule has 0 bridgehead atoms. The van der Waals surface area contributed by atoms with Crippen LogP contribution in [0.2, 0.25) is 0 Å². The van der Waals surface area contributed by atoms with Gasteiger partial charge in [-0.15, -0.1) is 0 Å². The number of fused-ring (bicyclic) bond motifs is 1. The molecule has 2 aromatic heterocycles. The van der Waals surface area contributed by atoms with Crippen molar-refractivity contribution in [2.75, 3.05) is 13.7 Å². The molecule has 0 aliphatic rings. The first kappa shape index (κ1) is 16.4. The number of rotatable bonds is 5. The monoisotopic (exact) mass is 309 g/mol. The third-order valence-electron chi connectivity index (χ3n) is 3.52. The fourth-order valence-electron chi connectivity index (χ4n) is 2.45. The van der Waals surface area contributed by atoms with E-state index in [1.165, 1.54) is 11.6 Å². The molecule has 0 aliphatic heterocycles. The first-order valence-corrected chi connectivity index (χ1v) is 7.10. The highest BCUT2D eigenvalue weighted by molar-refractivity contribution is 5.71. The number of aromatic nitrogens is 4. The summed E-state index contributed by atoms with van der Waals surface area (Å²) in [7, 11) is 4.67. The normalized spacial score (nSPS) is 12.3. The van der Waals surface area contributed by atoms with Crippen molar-refractivity contribution in [3.63, 3.8) is 0 Å². The fraction of sp³-hybridized carbons (Fsp3) is 0.643. The van der Waals surface area contributed by atoms with Crippen molar-refractivity contribution < 1.29 is 4.74 Å². The average molecular weight is 309 g/mol. The molecule has 0 aromatic carbocycles. The smallest absolute Gasteiger partial charge is 0.332 e. The van der Waals surface area contributed by atoms with Crippen LogP contribution in [0.4, 0.5) is 0 Å². The Hall–Kier alpha value is -1.93. The van der Waals surface area contributed by atoms with E-state index in [1.807, 2.05) is 13.8 Å². The summed E-state index contributed by atoms with van der Waals surface area (Å²) in [4.78, 5) is 29.0. The summed E-state index contributed by atoms with van der Waals surface area (Å²) < 4.78 is 9.37. The lowest BCUT2D eigenvalue weighted by Gasteiger charge is -2.21. The van der Waals surface area contributed by atoms with Gasteiger partial charge >= 0.3 is 5.69 Å². The Morgan fingerprint density at radius 2 is 1.86 bits per heavy atom. The number of nitrogens with zero attached hydrogens (tertiary/aromatic N) is 4. The zero-order valence-corrected chi connectivity index (χ0v) is 13.7. The maximum atomic E-state index is 12.5. The number of hydrogen-bond donors (Lipinski definition) is 1. The van der Waals surface area contributed by atoms with Crippen LogP contribution in [0.5, 0.6) is 0 Å². The fourth-order valence-corrected chi connectivity index (χ4v) is 2.45. The van der Waals surface area contributed by atoms with Crippen molar-refractivity contribution in [1.29, 1.82) is 0 Å². The maximum Gasteiger partial charge on any atom is 0.332 e.